The van der Waals surface area contributed by atoms with Crippen LogP contribution in [0.3, 0.4) is 0 Å². The van der Waals surface area contributed by atoms with Gasteiger partial charge in [-0.15, -0.1) is 11.3 Å². The van der Waals surface area contributed by atoms with Crippen LogP contribution in [0.15, 0.2) is 16.6 Å². The van der Waals surface area contributed by atoms with Gasteiger partial charge in [0.05, 0.1) is 10.4 Å². The summed E-state index contributed by atoms with van der Waals surface area (Å²) < 4.78 is 38.7. The Morgan fingerprint density at radius 2 is 2.06 bits per heavy atom. The van der Waals surface area contributed by atoms with Crippen LogP contribution in [-0.2, 0) is 6.18 Å². The van der Waals surface area contributed by atoms with Crippen molar-refractivity contribution in [2.24, 2.45) is 0 Å². The van der Waals surface area contributed by atoms with Crippen LogP contribution < -0.4 is 5.32 Å². The maximum Gasteiger partial charge on any atom is 0.443 e. The molecule has 1 N–H and O–H groups in total. The largest absolute Gasteiger partial charge is 0.443 e. The summed E-state index contributed by atoms with van der Waals surface area (Å²) in [5.74, 6) is 0. The molecule has 0 atom stereocenters. The van der Waals surface area contributed by atoms with Crippen molar-refractivity contribution in [1.82, 2.24) is 4.98 Å². The number of alkyl halides is 3. The van der Waals surface area contributed by atoms with Crippen LogP contribution in [0.1, 0.15) is 5.01 Å². The van der Waals surface area contributed by atoms with Gasteiger partial charge in [0, 0.05) is 11.5 Å². The van der Waals surface area contributed by atoms with E-state index in [4.69, 9.17) is 0 Å². The van der Waals surface area contributed by atoms with E-state index < -0.39 is 11.2 Å². The molecule has 0 saturated carbocycles. The first kappa shape index (κ1) is 11.7. The molecule has 0 unspecified atom stereocenters. The van der Waals surface area contributed by atoms with Gasteiger partial charge in [0.25, 0.3) is 0 Å². The van der Waals surface area contributed by atoms with Crippen LogP contribution in [0.25, 0.3) is 10.2 Å². The second kappa shape index (κ2) is 3.89. The lowest BCUT2D eigenvalue weighted by Gasteiger charge is -2.01. The number of benzene rings is 1. The Hall–Kier alpha value is -0.820. The molecular formula is C9H6BrF3N2S. The zero-order chi connectivity index (χ0) is 11.9. The van der Waals surface area contributed by atoms with Crippen LogP contribution >= 0.6 is 27.3 Å². The molecule has 0 aliphatic rings. The lowest BCUT2D eigenvalue weighted by Crippen LogP contribution is -2.03. The van der Waals surface area contributed by atoms with E-state index in [-0.39, 0.29) is 0 Å². The van der Waals surface area contributed by atoms with E-state index in [1.807, 2.05) is 0 Å². The minimum absolute atomic E-state index is 0.350. The third kappa shape index (κ3) is 2.01. The van der Waals surface area contributed by atoms with Gasteiger partial charge in [-0.3, -0.25) is 0 Å². The second-order valence-corrected chi connectivity index (χ2v) is 5.01. The van der Waals surface area contributed by atoms with Crippen molar-refractivity contribution in [2.75, 3.05) is 12.4 Å². The SMILES string of the molecule is CNc1cc(Br)cc2sc(C(F)(F)F)nc12. The molecule has 0 spiro atoms. The van der Waals surface area contributed by atoms with Gasteiger partial charge in [-0.05, 0) is 12.1 Å². The van der Waals surface area contributed by atoms with Crippen LogP contribution in [0, 0.1) is 0 Å². The molecule has 2 rings (SSSR count). The summed E-state index contributed by atoms with van der Waals surface area (Å²) >= 11 is 3.88. The Morgan fingerprint density at radius 3 is 2.62 bits per heavy atom. The number of nitrogens with zero attached hydrogens (tertiary/aromatic N) is 1. The molecule has 0 aliphatic heterocycles. The molecule has 2 aromatic rings. The van der Waals surface area contributed by atoms with E-state index in [1.165, 1.54) is 0 Å². The third-order valence-corrected chi connectivity index (χ3v) is 3.48. The van der Waals surface area contributed by atoms with Gasteiger partial charge >= 0.3 is 6.18 Å². The van der Waals surface area contributed by atoms with Crippen molar-refractivity contribution in [1.29, 1.82) is 0 Å². The molecule has 0 radical (unpaired) electrons. The summed E-state index contributed by atoms with van der Waals surface area (Å²) in [6, 6.07) is 3.32. The quantitative estimate of drug-likeness (QED) is 0.857. The highest BCUT2D eigenvalue weighted by molar-refractivity contribution is 9.10. The monoisotopic (exact) mass is 310 g/mol. The van der Waals surface area contributed by atoms with Crippen molar-refractivity contribution in [3.8, 4) is 0 Å². The third-order valence-electron chi connectivity index (χ3n) is 1.97. The Morgan fingerprint density at radius 1 is 1.38 bits per heavy atom. The summed E-state index contributed by atoms with van der Waals surface area (Å²) in [5.41, 5.74) is 0.930. The molecule has 0 saturated heterocycles. The summed E-state index contributed by atoms with van der Waals surface area (Å²) in [6.07, 6.45) is -4.39. The van der Waals surface area contributed by atoms with Gasteiger partial charge in [-0.1, -0.05) is 15.9 Å². The molecule has 86 valence electrons. The number of halogens is 4. The van der Waals surface area contributed by atoms with Crippen molar-refractivity contribution in [3.63, 3.8) is 0 Å². The number of rotatable bonds is 1. The molecule has 1 aromatic carbocycles. The lowest BCUT2D eigenvalue weighted by molar-refractivity contribution is -0.137. The Balaban J connectivity index is 2.70. The maximum atomic E-state index is 12.5. The molecule has 7 heteroatoms. The minimum Gasteiger partial charge on any atom is -0.386 e. The average molecular weight is 311 g/mol. The first-order valence-corrected chi connectivity index (χ1v) is 5.88. The predicted molar refractivity (Wildman–Crippen MR) is 61.9 cm³/mol. The fourth-order valence-electron chi connectivity index (χ4n) is 1.31. The Labute approximate surface area is 102 Å². The summed E-state index contributed by atoms with van der Waals surface area (Å²) in [7, 11) is 1.65. The zero-order valence-corrected chi connectivity index (χ0v) is 10.4. The summed E-state index contributed by atoms with van der Waals surface area (Å²) in [6.45, 7) is 0. The van der Waals surface area contributed by atoms with Crippen LogP contribution in [0.2, 0.25) is 0 Å². The Bertz CT molecular complexity index is 535. The van der Waals surface area contributed by atoms with Crippen molar-refractivity contribution in [3.05, 3.63) is 21.6 Å². The molecule has 1 heterocycles. The van der Waals surface area contributed by atoms with E-state index >= 15 is 0 Å². The van der Waals surface area contributed by atoms with Gasteiger partial charge in [-0.25, -0.2) is 4.98 Å². The maximum absolute atomic E-state index is 12.5. The van der Waals surface area contributed by atoms with Crippen LogP contribution in [0.5, 0.6) is 0 Å². The fraction of sp³-hybridized carbons (Fsp3) is 0.222. The highest BCUT2D eigenvalue weighted by Gasteiger charge is 2.35. The fourth-order valence-corrected chi connectivity index (χ4v) is 2.82. The summed E-state index contributed by atoms with van der Waals surface area (Å²) in [4.78, 5) is 3.61. The lowest BCUT2D eigenvalue weighted by atomic mass is 10.3. The number of hydrogen-bond donors (Lipinski definition) is 1. The number of fused-ring (bicyclic) bond motifs is 1. The number of anilines is 1. The van der Waals surface area contributed by atoms with Gasteiger partial charge < -0.3 is 5.32 Å². The van der Waals surface area contributed by atoms with E-state index in [0.717, 1.165) is 4.47 Å². The smallest absolute Gasteiger partial charge is 0.386 e. The molecule has 0 amide bonds. The second-order valence-electron chi connectivity index (χ2n) is 3.07. The number of thiazole rings is 1. The summed E-state index contributed by atoms with van der Waals surface area (Å²) in [5, 5.41) is 2.00. The molecule has 1 aromatic heterocycles. The minimum atomic E-state index is -4.39. The highest BCUT2D eigenvalue weighted by atomic mass is 79.9. The first-order chi connectivity index (χ1) is 7.41. The molecule has 16 heavy (non-hydrogen) atoms. The van der Waals surface area contributed by atoms with E-state index in [9.17, 15) is 13.2 Å². The van der Waals surface area contributed by atoms with E-state index in [2.05, 4.69) is 26.2 Å². The van der Waals surface area contributed by atoms with Gasteiger partial charge in [0.1, 0.15) is 5.52 Å². The molecule has 0 aliphatic carbocycles. The van der Waals surface area contributed by atoms with Gasteiger partial charge in [0.2, 0.25) is 0 Å². The average Bonchev–Trinajstić information content (AvgIpc) is 2.59. The van der Waals surface area contributed by atoms with Crippen LogP contribution in [0.4, 0.5) is 18.9 Å². The first-order valence-electron chi connectivity index (χ1n) is 4.27. The molecule has 2 nitrogen and oxygen atoms in total. The van der Waals surface area contributed by atoms with E-state index in [0.29, 0.717) is 27.2 Å². The van der Waals surface area contributed by atoms with Gasteiger partial charge in [-0.2, -0.15) is 13.2 Å². The van der Waals surface area contributed by atoms with Gasteiger partial charge in [0.15, 0.2) is 5.01 Å². The molecule has 0 fully saturated rings. The topological polar surface area (TPSA) is 24.9 Å². The zero-order valence-electron chi connectivity index (χ0n) is 8.02. The van der Waals surface area contributed by atoms with Crippen molar-refractivity contribution in [2.45, 2.75) is 6.18 Å². The van der Waals surface area contributed by atoms with E-state index in [1.54, 1.807) is 19.2 Å². The Kier molecular flexibility index (Phi) is 2.83. The number of aromatic nitrogens is 1. The van der Waals surface area contributed by atoms with Crippen LogP contribution in [-0.4, -0.2) is 12.0 Å². The molecular weight excluding hydrogens is 305 g/mol. The normalized spacial score (nSPS) is 12.1. The highest BCUT2D eigenvalue weighted by Crippen LogP contribution is 2.38. The van der Waals surface area contributed by atoms with Crippen molar-refractivity contribution >= 4 is 43.2 Å². The van der Waals surface area contributed by atoms with Crippen molar-refractivity contribution < 1.29 is 13.2 Å². The number of hydrogen-bond acceptors (Lipinski definition) is 3. The predicted octanol–water partition coefficient (Wildman–Crippen LogP) is 4.12. The number of nitrogens with one attached hydrogen (secondary N) is 1. The molecule has 0 bridgehead atoms. The standard InChI is InChI=1S/C9H6BrF3N2S/c1-14-5-2-4(10)3-6-7(5)15-8(16-6)9(11,12)13/h2-3,14H,1H3.